The Hall–Kier alpha value is -5.12. The lowest BCUT2D eigenvalue weighted by Crippen LogP contribution is -2.47. The van der Waals surface area contributed by atoms with Gasteiger partial charge in [-0.15, -0.1) is 0 Å². The number of benzene rings is 2. The van der Waals surface area contributed by atoms with Crippen LogP contribution in [0, 0.1) is 28.9 Å². The van der Waals surface area contributed by atoms with Gasteiger partial charge in [-0.3, -0.25) is 9.59 Å². The first kappa shape index (κ1) is 43.0. The normalized spacial score (nSPS) is 15.3. The Morgan fingerprint density at radius 1 is 1.13 bits per heavy atom. The van der Waals surface area contributed by atoms with E-state index in [1.165, 1.54) is 29.9 Å². The number of hydrogen-bond acceptors (Lipinski definition) is 10. The topological polar surface area (TPSA) is 170 Å². The van der Waals surface area contributed by atoms with Gasteiger partial charge in [0.2, 0.25) is 5.82 Å². The van der Waals surface area contributed by atoms with Crippen molar-refractivity contribution in [1.29, 1.82) is 5.26 Å². The van der Waals surface area contributed by atoms with E-state index in [4.69, 9.17) is 31.5 Å². The number of halogens is 6. The molecule has 1 atom stereocenters. The molecule has 1 aromatic heterocycles. The van der Waals surface area contributed by atoms with Gasteiger partial charge >= 0.3 is 12.1 Å². The number of aliphatic carboxylic acids is 1. The van der Waals surface area contributed by atoms with Crippen LogP contribution in [0.15, 0.2) is 36.5 Å². The van der Waals surface area contributed by atoms with E-state index in [1.807, 2.05) is 18.0 Å². The number of piperazine rings is 1. The fourth-order valence-electron chi connectivity index (χ4n) is 4.55. The van der Waals surface area contributed by atoms with E-state index in [0.29, 0.717) is 22.8 Å². The molecule has 0 saturated carbocycles. The van der Waals surface area contributed by atoms with Crippen LogP contribution < -0.4 is 15.4 Å². The monoisotopic (exact) mass is 757 g/mol. The summed E-state index contributed by atoms with van der Waals surface area (Å²) in [5, 5.41) is 22.1. The molecule has 5 rings (SSSR count). The minimum absolute atomic E-state index is 0.0238. The van der Waals surface area contributed by atoms with E-state index in [0.717, 1.165) is 57.7 Å². The number of carbonyl (C=O) groups excluding carboxylic acids is 3. The number of imidazole rings is 1. The summed E-state index contributed by atoms with van der Waals surface area (Å²) in [5.74, 6) is -4.98. The van der Waals surface area contributed by atoms with Crippen molar-refractivity contribution in [1.82, 2.24) is 24.7 Å². The highest BCUT2D eigenvalue weighted by atomic mass is 35.5. The van der Waals surface area contributed by atoms with Crippen LogP contribution in [0.2, 0.25) is 5.02 Å². The molecule has 2 aromatic carbocycles. The predicted molar refractivity (Wildman–Crippen MR) is 180 cm³/mol. The van der Waals surface area contributed by atoms with Gasteiger partial charge in [-0.2, -0.15) is 22.8 Å². The Kier molecular flexibility index (Phi) is 17.1. The van der Waals surface area contributed by atoms with Crippen LogP contribution in [0.25, 0.3) is 11.3 Å². The molecule has 19 heteroatoms. The van der Waals surface area contributed by atoms with Crippen molar-refractivity contribution in [2.24, 2.45) is 13.0 Å². The maximum Gasteiger partial charge on any atom is 0.490 e. The maximum absolute atomic E-state index is 14.0. The number of nitriles is 1. The highest BCUT2D eigenvalue weighted by Gasteiger charge is 2.38. The van der Waals surface area contributed by atoms with E-state index in [1.54, 1.807) is 18.2 Å². The first-order valence-corrected chi connectivity index (χ1v) is 15.8. The predicted octanol–water partition coefficient (Wildman–Crippen LogP) is 4.28. The van der Waals surface area contributed by atoms with Crippen molar-refractivity contribution in [3.63, 3.8) is 0 Å². The number of carboxylic acids is 1. The summed E-state index contributed by atoms with van der Waals surface area (Å²) < 4.78 is 65.6. The third-order valence-electron chi connectivity index (χ3n) is 7.56. The van der Waals surface area contributed by atoms with Crippen molar-refractivity contribution in [3.8, 4) is 23.1 Å². The smallest absolute Gasteiger partial charge is 0.476 e. The van der Waals surface area contributed by atoms with Crippen LogP contribution in [-0.2, 0) is 16.6 Å². The van der Waals surface area contributed by atoms with E-state index in [-0.39, 0.29) is 35.3 Å². The number of anilines is 1. The number of rotatable bonds is 7. The lowest BCUT2D eigenvalue weighted by atomic mass is 10.1. The number of nitrogens with zero attached hydrogens (tertiary/aromatic N) is 5. The molecule has 1 amide bonds. The summed E-state index contributed by atoms with van der Waals surface area (Å²) in [6.45, 7) is 4.89. The molecule has 3 aromatic rings. The van der Waals surface area contributed by atoms with Gasteiger partial charge in [0.1, 0.15) is 12.4 Å². The minimum atomic E-state index is -5.08. The number of alkyl halides is 3. The lowest BCUT2D eigenvalue weighted by molar-refractivity contribution is -0.192. The third-order valence-corrected chi connectivity index (χ3v) is 7.87. The number of carbonyl (C=O) groups is 4. The summed E-state index contributed by atoms with van der Waals surface area (Å²) in [6.07, 6.45) is -1.23. The number of amides is 1. The first-order valence-electron chi connectivity index (χ1n) is 15.5. The Bertz CT molecular complexity index is 1720. The molecule has 0 bridgehead atoms. The van der Waals surface area contributed by atoms with Crippen molar-refractivity contribution in [2.45, 2.75) is 12.6 Å². The van der Waals surface area contributed by atoms with Gasteiger partial charge in [-0.1, -0.05) is 11.6 Å². The van der Waals surface area contributed by atoms with Gasteiger partial charge in [-0.25, -0.2) is 14.2 Å². The second-order valence-corrected chi connectivity index (χ2v) is 11.5. The van der Waals surface area contributed by atoms with Crippen LogP contribution >= 0.6 is 11.6 Å². The number of likely N-dealkylation sites (N-methyl/N-ethyl adjacent to an activating group) is 1. The van der Waals surface area contributed by atoms with E-state index in [9.17, 15) is 36.3 Å². The summed E-state index contributed by atoms with van der Waals surface area (Å²) in [4.78, 5) is 49.8. The van der Waals surface area contributed by atoms with Gasteiger partial charge in [0.25, 0.3) is 5.91 Å². The molecule has 3 N–H and O–H groups in total. The van der Waals surface area contributed by atoms with E-state index < -0.39 is 23.8 Å². The highest BCUT2D eigenvalue weighted by Crippen LogP contribution is 2.30. The molecule has 3 heterocycles. The zero-order valence-electron chi connectivity index (χ0n) is 28.3. The molecule has 2 aliphatic heterocycles. The summed E-state index contributed by atoms with van der Waals surface area (Å²) in [6, 6.07) is 9.63. The highest BCUT2D eigenvalue weighted by molar-refractivity contribution is 6.34. The standard InChI is InChI=1S/C13H18ClN3O.C13H9F2N3O2.C5H9NO.C2HF3O2/c1-15-10-3-4-11(12(14)9-10)13(18)17-7-5-16(2)6-8-17;1-18-9(6-17-11(18)7-19)8-2-3-10(20-5-4-16)13(15)12(8)14;7-4-5-1-2-6-3-5;3-2(4,5)1(6)7/h3-4,9,15H,5-8H2,1-2H3;2-3,6-7H,5H2,1H3;4-6H,1-3H2;(H,6,7)/t;;5-;/m..0./s1. The number of aldehydes is 2. The minimum Gasteiger partial charge on any atom is -0.476 e. The van der Waals surface area contributed by atoms with Crippen LogP contribution in [-0.4, -0.2) is 115 Å². The Morgan fingerprint density at radius 2 is 1.79 bits per heavy atom. The fourth-order valence-corrected chi connectivity index (χ4v) is 4.81. The zero-order chi connectivity index (χ0) is 39.0. The molecule has 2 saturated heterocycles. The average molecular weight is 758 g/mol. The molecular weight excluding hydrogens is 721 g/mol. The van der Waals surface area contributed by atoms with Gasteiger partial charge < -0.3 is 39.6 Å². The van der Waals surface area contributed by atoms with E-state index in [2.05, 4.69) is 27.6 Å². The Morgan fingerprint density at radius 3 is 2.25 bits per heavy atom. The van der Waals surface area contributed by atoms with Gasteiger partial charge in [-0.05, 0) is 50.3 Å². The summed E-state index contributed by atoms with van der Waals surface area (Å²) in [5.41, 5.74) is 1.71. The number of carboxylic acid groups (broad SMARTS) is 1. The largest absolute Gasteiger partial charge is 0.490 e. The quantitative estimate of drug-likeness (QED) is 0.232. The molecule has 0 spiro atoms. The molecule has 2 fully saturated rings. The van der Waals surface area contributed by atoms with Gasteiger partial charge in [0.15, 0.2) is 30.3 Å². The summed E-state index contributed by atoms with van der Waals surface area (Å²) in [7, 11) is 5.41. The summed E-state index contributed by atoms with van der Waals surface area (Å²) >= 11 is 6.15. The molecule has 0 radical (unpaired) electrons. The number of nitrogens with one attached hydrogen (secondary N) is 2. The van der Waals surface area contributed by atoms with Crippen LogP contribution in [0.4, 0.5) is 27.6 Å². The van der Waals surface area contributed by atoms with Crippen molar-refractivity contribution < 1.29 is 51.0 Å². The Labute approximate surface area is 300 Å². The van der Waals surface area contributed by atoms with Gasteiger partial charge in [0.05, 0.1) is 22.5 Å². The van der Waals surface area contributed by atoms with Crippen molar-refractivity contribution in [2.75, 3.05) is 65.3 Å². The molecule has 52 heavy (non-hydrogen) atoms. The average Bonchev–Trinajstić information content (AvgIpc) is 3.79. The second kappa shape index (κ2) is 20.7. The van der Waals surface area contributed by atoms with Crippen LogP contribution in [0.1, 0.15) is 27.4 Å². The molecular formula is C33H37ClF5N7O6. The third kappa shape index (κ3) is 12.6. The van der Waals surface area contributed by atoms with Crippen LogP contribution in [0.5, 0.6) is 5.75 Å². The number of hydrogen-bond donors (Lipinski definition) is 3. The van der Waals surface area contributed by atoms with E-state index >= 15 is 0 Å². The van der Waals surface area contributed by atoms with Crippen molar-refractivity contribution >= 4 is 41.7 Å². The Balaban J connectivity index is 0.000000266. The zero-order valence-corrected chi connectivity index (χ0v) is 29.1. The second-order valence-electron chi connectivity index (χ2n) is 11.1. The SMILES string of the molecule is CNc1ccc(C(=O)N2CCN(C)CC2)c(Cl)c1.Cn1c(-c2ccc(OCC#N)c(F)c2F)cnc1C=O.O=C(O)C(F)(F)F.O=C[C@H]1CCNC1. The van der Waals surface area contributed by atoms with Gasteiger partial charge in [0, 0.05) is 64.0 Å². The fraction of sp³-hybridized carbons (Fsp3) is 0.394. The van der Waals surface area contributed by atoms with Crippen molar-refractivity contribution in [3.05, 3.63) is 64.6 Å². The number of aromatic nitrogens is 2. The maximum atomic E-state index is 14.0. The molecule has 13 nitrogen and oxygen atoms in total. The molecule has 2 aliphatic rings. The first-order chi connectivity index (χ1) is 24.6. The molecule has 0 aliphatic carbocycles. The molecule has 282 valence electrons. The van der Waals surface area contributed by atoms with Crippen LogP contribution in [0.3, 0.4) is 0 Å². The molecule has 0 unspecified atom stereocenters. The number of ether oxygens (including phenoxy) is 1. The lowest BCUT2D eigenvalue weighted by Gasteiger charge is -2.32.